The number of carbonyl (C=O) groups excluding carboxylic acids is 1. The second-order valence-corrected chi connectivity index (χ2v) is 8.94. The zero-order valence-electron chi connectivity index (χ0n) is 18.7. The molecule has 2 aromatic carbocycles. The molecule has 0 unspecified atom stereocenters. The number of ether oxygens (including phenoxy) is 1. The van der Waals surface area contributed by atoms with E-state index in [9.17, 15) is 23.1 Å². The number of aryl methyl sites for hydroxylation is 1. The number of cyclic esters (lactones) is 1. The van der Waals surface area contributed by atoms with Crippen LogP contribution in [0.4, 0.5) is 13.2 Å². The molecule has 1 N–H and O–H groups in total. The van der Waals surface area contributed by atoms with E-state index in [-0.39, 0.29) is 23.7 Å². The molecule has 3 aromatic rings. The molecule has 0 aliphatic carbocycles. The van der Waals surface area contributed by atoms with E-state index in [0.717, 1.165) is 12.1 Å². The minimum Gasteiger partial charge on any atom is -0.458 e. The monoisotopic (exact) mass is 538 g/mol. The summed E-state index contributed by atoms with van der Waals surface area (Å²) in [7, 11) is 1.60. The van der Waals surface area contributed by atoms with Gasteiger partial charge in [0.15, 0.2) is 5.82 Å². The summed E-state index contributed by atoms with van der Waals surface area (Å²) in [4.78, 5) is 11.8. The highest BCUT2D eigenvalue weighted by molar-refractivity contribution is 6.36. The molecule has 188 valence electrons. The third-order valence-corrected chi connectivity index (χ3v) is 6.05. The van der Waals surface area contributed by atoms with E-state index in [1.54, 1.807) is 31.3 Å². The van der Waals surface area contributed by atoms with Crippen molar-refractivity contribution in [1.29, 1.82) is 0 Å². The van der Waals surface area contributed by atoms with Gasteiger partial charge in [-0.2, -0.15) is 13.2 Å². The number of hydrogen-bond acceptors (Lipinski definition) is 6. The normalized spacial score (nSPS) is 19.4. The molecular weight excluding hydrogens is 520 g/mol. The van der Waals surface area contributed by atoms with Crippen molar-refractivity contribution in [3.8, 4) is 0 Å². The lowest BCUT2D eigenvalue weighted by molar-refractivity contribution is -0.156. The Morgan fingerprint density at radius 1 is 1.19 bits per heavy atom. The fourth-order valence-electron chi connectivity index (χ4n) is 3.83. The van der Waals surface area contributed by atoms with Crippen LogP contribution in [0.2, 0.25) is 10.0 Å². The number of benzene rings is 2. The second kappa shape index (κ2) is 10.4. The van der Waals surface area contributed by atoms with Gasteiger partial charge >= 0.3 is 12.1 Å². The van der Waals surface area contributed by atoms with Gasteiger partial charge in [-0.1, -0.05) is 47.5 Å². The summed E-state index contributed by atoms with van der Waals surface area (Å²) < 4.78 is 46.4. The number of allylic oxidation sites excluding steroid dienone is 2. The van der Waals surface area contributed by atoms with Gasteiger partial charge in [-0.25, -0.2) is 4.68 Å². The SMILES string of the molecule is Cn1nnnc1C(/C=C/[C@@H]1C[C@@H](O)CC(=O)O1)=C(/c1ccc(C(F)(F)F)cc1)c1ccc(Cl)cc1Cl. The van der Waals surface area contributed by atoms with E-state index in [1.165, 1.54) is 22.9 Å². The van der Waals surface area contributed by atoms with Crippen LogP contribution < -0.4 is 0 Å². The predicted molar refractivity (Wildman–Crippen MR) is 127 cm³/mol. The van der Waals surface area contributed by atoms with Crippen molar-refractivity contribution in [2.24, 2.45) is 7.05 Å². The number of tetrazole rings is 1. The number of halogens is 5. The van der Waals surface area contributed by atoms with Crippen LogP contribution in [0.5, 0.6) is 0 Å². The first-order valence-corrected chi connectivity index (χ1v) is 11.4. The van der Waals surface area contributed by atoms with Crippen LogP contribution in [0.15, 0.2) is 54.6 Å². The van der Waals surface area contributed by atoms with Gasteiger partial charge < -0.3 is 9.84 Å². The Morgan fingerprint density at radius 3 is 2.50 bits per heavy atom. The van der Waals surface area contributed by atoms with Gasteiger partial charge in [0, 0.05) is 40.2 Å². The first-order chi connectivity index (χ1) is 17.0. The van der Waals surface area contributed by atoms with E-state index in [4.69, 9.17) is 27.9 Å². The smallest absolute Gasteiger partial charge is 0.416 e. The average Bonchev–Trinajstić information content (AvgIpc) is 3.22. The first kappa shape index (κ1) is 25.9. The van der Waals surface area contributed by atoms with E-state index in [2.05, 4.69) is 15.5 Å². The quantitative estimate of drug-likeness (QED) is 0.358. The number of esters is 1. The minimum atomic E-state index is -4.51. The van der Waals surface area contributed by atoms with Crippen molar-refractivity contribution in [3.63, 3.8) is 0 Å². The molecule has 1 aliphatic rings. The lowest BCUT2D eigenvalue weighted by Crippen LogP contribution is -2.31. The summed E-state index contributed by atoms with van der Waals surface area (Å²) in [5.74, 6) is -0.271. The Balaban J connectivity index is 1.95. The third kappa shape index (κ3) is 5.77. The minimum absolute atomic E-state index is 0.0998. The van der Waals surface area contributed by atoms with E-state index >= 15 is 0 Å². The molecule has 7 nitrogen and oxygen atoms in total. The van der Waals surface area contributed by atoms with Gasteiger partial charge in [-0.3, -0.25) is 4.79 Å². The molecule has 1 aliphatic heterocycles. The largest absolute Gasteiger partial charge is 0.458 e. The Morgan fingerprint density at radius 2 is 1.92 bits per heavy atom. The highest BCUT2D eigenvalue weighted by Crippen LogP contribution is 2.38. The Labute approximate surface area is 213 Å². The van der Waals surface area contributed by atoms with Crippen molar-refractivity contribution < 1.29 is 27.8 Å². The van der Waals surface area contributed by atoms with Gasteiger partial charge in [0.1, 0.15) is 6.10 Å². The summed E-state index contributed by atoms with van der Waals surface area (Å²) in [5, 5.41) is 22.2. The maximum Gasteiger partial charge on any atom is 0.416 e. The third-order valence-electron chi connectivity index (χ3n) is 5.50. The molecule has 36 heavy (non-hydrogen) atoms. The lowest BCUT2D eigenvalue weighted by atomic mass is 9.91. The molecule has 2 heterocycles. The number of hydrogen-bond donors (Lipinski definition) is 1. The van der Waals surface area contributed by atoms with Crippen LogP contribution in [-0.2, 0) is 22.8 Å². The van der Waals surface area contributed by atoms with Crippen LogP contribution in [0, 0.1) is 0 Å². The summed E-state index contributed by atoms with van der Waals surface area (Å²) >= 11 is 12.6. The zero-order valence-corrected chi connectivity index (χ0v) is 20.2. The van der Waals surface area contributed by atoms with Crippen molar-refractivity contribution in [2.75, 3.05) is 0 Å². The summed E-state index contributed by atoms with van der Waals surface area (Å²) in [6, 6.07) is 9.33. The zero-order chi connectivity index (χ0) is 26.0. The second-order valence-electron chi connectivity index (χ2n) is 8.10. The lowest BCUT2D eigenvalue weighted by Gasteiger charge is -2.23. The molecule has 0 bridgehead atoms. The summed E-state index contributed by atoms with van der Waals surface area (Å²) in [6.45, 7) is 0. The Bertz CT molecular complexity index is 1340. The van der Waals surface area contributed by atoms with E-state index in [0.29, 0.717) is 27.3 Å². The van der Waals surface area contributed by atoms with E-state index in [1.807, 2.05) is 0 Å². The highest BCUT2D eigenvalue weighted by atomic mass is 35.5. The van der Waals surface area contributed by atoms with E-state index < -0.39 is 29.9 Å². The van der Waals surface area contributed by atoms with Gasteiger partial charge in [0.25, 0.3) is 0 Å². The molecule has 12 heteroatoms. The van der Waals surface area contributed by atoms with Gasteiger partial charge in [0.2, 0.25) is 0 Å². The molecule has 0 amide bonds. The summed E-state index contributed by atoms with van der Waals surface area (Å²) in [5.41, 5.74) is 0.859. The van der Waals surface area contributed by atoms with Crippen LogP contribution in [0.1, 0.15) is 35.4 Å². The number of aliphatic hydroxyl groups excluding tert-OH is 1. The number of rotatable bonds is 5. The van der Waals surface area contributed by atoms with Crippen LogP contribution in [0.25, 0.3) is 11.1 Å². The average molecular weight is 539 g/mol. The number of aliphatic hydroxyl groups is 1. The molecule has 0 spiro atoms. The highest BCUT2D eigenvalue weighted by Gasteiger charge is 2.31. The van der Waals surface area contributed by atoms with Gasteiger partial charge in [-0.15, -0.1) is 5.10 Å². The number of carbonyl (C=O) groups is 1. The van der Waals surface area contributed by atoms with Crippen LogP contribution in [-0.4, -0.2) is 43.5 Å². The van der Waals surface area contributed by atoms with Crippen LogP contribution in [0.3, 0.4) is 0 Å². The van der Waals surface area contributed by atoms with Crippen molar-refractivity contribution in [1.82, 2.24) is 20.2 Å². The molecule has 4 rings (SSSR count). The molecule has 0 saturated carbocycles. The van der Waals surface area contributed by atoms with Crippen molar-refractivity contribution >= 4 is 40.3 Å². The molecule has 1 fully saturated rings. The maximum absolute atomic E-state index is 13.2. The number of nitrogens with zero attached hydrogens (tertiary/aromatic N) is 4. The number of alkyl halides is 3. The molecule has 0 radical (unpaired) electrons. The predicted octanol–water partition coefficient (Wildman–Crippen LogP) is 5.12. The molecule has 1 saturated heterocycles. The van der Waals surface area contributed by atoms with Gasteiger partial charge in [0.05, 0.1) is 18.1 Å². The van der Waals surface area contributed by atoms with Crippen molar-refractivity contribution in [2.45, 2.75) is 31.2 Å². The molecular formula is C24H19Cl2F3N4O3. The summed E-state index contributed by atoms with van der Waals surface area (Å²) in [6.07, 6.45) is -2.85. The molecule has 1 aromatic heterocycles. The number of aromatic nitrogens is 4. The van der Waals surface area contributed by atoms with Crippen LogP contribution >= 0.6 is 23.2 Å². The maximum atomic E-state index is 13.2. The Hall–Kier alpha value is -3.21. The molecule has 2 atom stereocenters. The topological polar surface area (TPSA) is 90.1 Å². The fraction of sp³-hybridized carbons (Fsp3) is 0.250. The Kier molecular flexibility index (Phi) is 7.49. The standard InChI is InChI=1S/C24H19Cl2F3N4O3/c1-33-23(30-31-32-33)19(9-7-17-11-16(34)12-21(35)36-17)22(18-8-6-15(25)10-20(18)26)13-2-4-14(5-3-13)24(27,28)29/h2-10,16-17,34H,11-12H2,1H3/b9-7+,22-19-/t16-,17-/m1/s1. The fourth-order valence-corrected chi connectivity index (χ4v) is 4.33. The van der Waals surface area contributed by atoms with Gasteiger partial charge in [-0.05, 0) is 46.3 Å². The van der Waals surface area contributed by atoms with Crippen molar-refractivity contribution in [3.05, 3.63) is 87.2 Å². The first-order valence-electron chi connectivity index (χ1n) is 10.7.